The standard InChI is InChI=1S/C86H165NO5/c1-3-5-7-9-11-13-15-17-19-21-23-24-25-33-36-39-43-46-50-54-58-62-66-70-74-78-84(89)83(82-88)87-85(90)79-75-71-67-63-59-55-51-47-44-40-37-34-31-29-27-26-28-30-32-35-38-41-45-49-53-57-61-65-69-73-77-81-92-86(91)80-76-72-68-64-60-56-52-48-42-22-20-18-16-14-12-10-8-6-4-2/h18,20,28,30,35,38,83-84,88-89H,3-17,19,21-27,29,31-34,36-37,39-82H2,1-2H3,(H,87,90)/b20-18-,30-28-,38-35-. The predicted octanol–water partition coefficient (Wildman–Crippen LogP) is 28.2. The molecule has 0 radical (unpaired) electrons. The van der Waals surface area contributed by atoms with Crippen LogP contribution in [0.3, 0.4) is 0 Å². The van der Waals surface area contributed by atoms with Crippen LogP contribution in [0, 0.1) is 0 Å². The van der Waals surface area contributed by atoms with Crippen molar-refractivity contribution in [3.63, 3.8) is 0 Å². The lowest BCUT2D eigenvalue weighted by molar-refractivity contribution is -0.143. The van der Waals surface area contributed by atoms with E-state index >= 15 is 0 Å². The first-order valence-electron chi connectivity index (χ1n) is 42.2. The number of nitrogens with one attached hydrogen (secondary N) is 1. The van der Waals surface area contributed by atoms with Crippen LogP contribution in [-0.4, -0.2) is 47.4 Å². The van der Waals surface area contributed by atoms with E-state index in [4.69, 9.17) is 4.74 Å². The highest BCUT2D eigenvalue weighted by molar-refractivity contribution is 5.76. The Morgan fingerprint density at radius 1 is 0.304 bits per heavy atom. The number of hydrogen-bond acceptors (Lipinski definition) is 5. The second kappa shape index (κ2) is 81.5. The van der Waals surface area contributed by atoms with Crippen molar-refractivity contribution in [2.75, 3.05) is 13.2 Å². The molecule has 0 bridgehead atoms. The lowest BCUT2D eigenvalue weighted by Gasteiger charge is -2.22. The fraction of sp³-hybridized carbons (Fsp3) is 0.907. The average Bonchev–Trinajstić information content (AvgIpc) is 3.60. The Hall–Kier alpha value is -1.92. The normalized spacial score (nSPS) is 12.6. The average molecular weight is 1290 g/mol. The lowest BCUT2D eigenvalue weighted by atomic mass is 10.0. The molecule has 2 unspecified atom stereocenters. The third kappa shape index (κ3) is 77.1. The highest BCUT2D eigenvalue weighted by atomic mass is 16.5. The van der Waals surface area contributed by atoms with Crippen molar-refractivity contribution in [1.82, 2.24) is 5.32 Å². The Kier molecular flexibility index (Phi) is 79.8. The second-order valence-corrected chi connectivity index (χ2v) is 29.2. The topological polar surface area (TPSA) is 95.9 Å². The van der Waals surface area contributed by atoms with Gasteiger partial charge < -0.3 is 20.3 Å². The zero-order chi connectivity index (χ0) is 66.3. The molecule has 0 aromatic rings. The molecule has 0 aliphatic rings. The molecule has 6 nitrogen and oxygen atoms in total. The summed E-state index contributed by atoms with van der Waals surface area (Å²) in [5.74, 6) is -0.0147. The first-order chi connectivity index (χ1) is 45.5. The van der Waals surface area contributed by atoms with Crippen LogP contribution in [0.4, 0.5) is 0 Å². The third-order valence-corrected chi connectivity index (χ3v) is 19.9. The van der Waals surface area contributed by atoms with E-state index in [1.54, 1.807) is 0 Å². The number of carbonyl (C=O) groups excluding carboxylic acids is 2. The molecule has 0 aromatic heterocycles. The number of rotatable bonds is 80. The molecular formula is C86H165NO5. The van der Waals surface area contributed by atoms with E-state index < -0.39 is 12.1 Å². The number of amides is 1. The minimum atomic E-state index is -0.666. The quantitative estimate of drug-likeness (QED) is 0.0320. The van der Waals surface area contributed by atoms with E-state index in [1.165, 1.54) is 392 Å². The highest BCUT2D eigenvalue weighted by Gasteiger charge is 2.20. The summed E-state index contributed by atoms with van der Waals surface area (Å²) < 4.78 is 5.51. The Morgan fingerprint density at radius 2 is 0.543 bits per heavy atom. The number of ether oxygens (including phenoxy) is 1. The summed E-state index contributed by atoms with van der Waals surface area (Å²) in [7, 11) is 0. The van der Waals surface area contributed by atoms with E-state index in [1.807, 2.05) is 0 Å². The zero-order valence-electron chi connectivity index (χ0n) is 62.6. The van der Waals surface area contributed by atoms with Crippen molar-refractivity contribution in [1.29, 1.82) is 0 Å². The summed E-state index contributed by atoms with van der Waals surface area (Å²) in [6, 6.07) is -0.543. The summed E-state index contributed by atoms with van der Waals surface area (Å²) in [5.41, 5.74) is 0. The largest absolute Gasteiger partial charge is 0.466 e. The molecule has 3 N–H and O–H groups in total. The number of unbranched alkanes of at least 4 members (excludes halogenated alkanes) is 63. The van der Waals surface area contributed by atoms with E-state index in [0.29, 0.717) is 25.9 Å². The molecule has 92 heavy (non-hydrogen) atoms. The van der Waals surface area contributed by atoms with Crippen molar-refractivity contribution in [3.05, 3.63) is 36.5 Å². The molecule has 0 saturated heterocycles. The van der Waals surface area contributed by atoms with Gasteiger partial charge >= 0.3 is 5.97 Å². The van der Waals surface area contributed by atoms with Crippen LogP contribution < -0.4 is 5.32 Å². The van der Waals surface area contributed by atoms with Gasteiger partial charge in [0.2, 0.25) is 5.91 Å². The fourth-order valence-corrected chi connectivity index (χ4v) is 13.5. The molecular weight excluding hydrogens is 1130 g/mol. The van der Waals surface area contributed by atoms with Crippen LogP contribution in [0.15, 0.2) is 36.5 Å². The molecule has 2 atom stereocenters. The minimum absolute atomic E-state index is 0.0139. The minimum Gasteiger partial charge on any atom is -0.466 e. The third-order valence-electron chi connectivity index (χ3n) is 19.9. The van der Waals surface area contributed by atoms with Crippen molar-refractivity contribution < 1.29 is 24.5 Å². The number of aliphatic hydroxyl groups excluding tert-OH is 2. The van der Waals surface area contributed by atoms with Gasteiger partial charge in [0.25, 0.3) is 0 Å². The van der Waals surface area contributed by atoms with Gasteiger partial charge in [0.1, 0.15) is 0 Å². The van der Waals surface area contributed by atoms with E-state index in [-0.39, 0.29) is 18.5 Å². The van der Waals surface area contributed by atoms with Gasteiger partial charge in [-0.2, -0.15) is 0 Å². The van der Waals surface area contributed by atoms with Crippen LogP contribution in [0.5, 0.6) is 0 Å². The maximum Gasteiger partial charge on any atom is 0.305 e. The number of carbonyl (C=O) groups is 2. The number of allylic oxidation sites excluding steroid dienone is 6. The molecule has 6 heteroatoms. The summed E-state index contributed by atoms with van der Waals surface area (Å²) in [6.45, 7) is 5.00. The molecule has 0 fully saturated rings. The molecule has 0 rings (SSSR count). The van der Waals surface area contributed by atoms with Crippen LogP contribution in [-0.2, 0) is 14.3 Å². The summed E-state index contributed by atoms with van der Waals surface area (Å²) in [5, 5.41) is 23.5. The summed E-state index contributed by atoms with van der Waals surface area (Å²) in [4.78, 5) is 24.7. The smallest absolute Gasteiger partial charge is 0.305 e. The van der Waals surface area contributed by atoms with Crippen molar-refractivity contribution in [2.24, 2.45) is 0 Å². The van der Waals surface area contributed by atoms with Crippen molar-refractivity contribution in [2.45, 2.75) is 488 Å². The van der Waals surface area contributed by atoms with E-state index in [2.05, 4.69) is 55.6 Å². The Bertz CT molecular complexity index is 1490. The van der Waals surface area contributed by atoms with Gasteiger partial charge in [-0.1, -0.05) is 416 Å². The van der Waals surface area contributed by atoms with Gasteiger partial charge in [-0.3, -0.25) is 9.59 Å². The van der Waals surface area contributed by atoms with E-state index in [9.17, 15) is 19.8 Å². The predicted molar refractivity (Wildman–Crippen MR) is 407 cm³/mol. The van der Waals surface area contributed by atoms with Crippen LogP contribution in [0.2, 0.25) is 0 Å². The maximum atomic E-state index is 12.6. The van der Waals surface area contributed by atoms with Crippen LogP contribution in [0.1, 0.15) is 476 Å². The summed E-state index contributed by atoms with van der Waals surface area (Å²) in [6.07, 6.45) is 107. The van der Waals surface area contributed by atoms with Gasteiger partial charge in [0.15, 0.2) is 0 Å². The number of esters is 1. The van der Waals surface area contributed by atoms with Crippen molar-refractivity contribution >= 4 is 11.9 Å². The molecule has 1 amide bonds. The lowest BCUT2D eigenvalue weighted by Crippen LogP contribution is -2.45. The van der Waals surface area contributed by atoms with Gasteiger partial charge in [0.05, 0.1) is 25.4 Å². The number of hydrogen-bond donors (Lipinski definition) is 3. The monoisotopic (exact) mass is 1290 g/mol. The van der Waals surface area contributed by atoms with Gasteiger partial charge in [-0.25, -0.2) is 0 Å². The van der Waals surface area contributed by atoms with Crippen LogP contribution >= 0.6 is 0 Å². The van der Waals surface area contributed by atoms with Gasteiger partial charge in [-0.15, -0.1) is 0 Å². The van der Waals surface area contributed by atoms with E-state index in [0.717, 1.165) is 51.4 Å². The summed E-state index contributed by atoms with van der Waals surface area (Å²) >= 11 is 0. The fourth-order valence-electron chi connectivity index (χ4n) is 13.5. The highest BCUT2D eigenvalue weighted by Crippen LogP contribution is 2.20. The molecule has 0 heterocycles. The van der Waals surface area contributed by atoms with Gasteiger partial charge in [0, 0.05) is 12.8 Å². The van der Waals surface area contributed by atoms with Gasteiger partial charge in [-0.05, 0) is 83.5 Å². The first-order valence-corrected chi connectivity index (χ1v) is 42.2. The Labute approximate surface area is 576 Å². The number of aliphatic hydroxyl groups is 2. The van der Waals surface area contributed by atoms with Crippen LogP contribution in [0.25, 0.3) is 0 Å². The molecule has 544 valence electrons. The first kappa shape index (κ1) is 90.1. The second-order valence-electron chi connectivity index (χ2n) is 29.2. The maximum absolute atomic E-state index is 12.6. The molecule has 0 aliphatic carbocycles. The van der Waals surface area contributed by atoms with Crippen molar-refractivity contribution in [3.8, 4) is 0 Å². The zero-order valence-corrected chi connectivity index (χ0v) is 62.6. The molecule has 0 aromatic carbocycles. The molecule has 0 spiro atoms. The SMILES string of the molecule is CCCCCCCC/C=C\CCCCCCCCCCCC(=O)OCCCCCCCCCCC/C=C\C/C=C\CCCCCCCCCCCCCCCCCC(=O)NC(CO)C(O)CCCCCCCCCCCCCCCCCCCCCCCCCCC. The molecule has 0 saturated carbocycles. The molecule has 0 aliphatic heterocycles. The Balaban J connectivity index is 3.38. The Morgan fingerprint density at radius 3 is 0.837 bits per heavy atom.